The lowest BCUT2D eigenvalue weighted by Crippen LogP contribution is -2.54. The normalized spacial score (nSPS) is 21.0. The van der Waals surface area contributed by atoms with Crippen LogP contribution in [0.4, 0.5) is 0 Å². The molecule has 160 valence electrons. The molecule has 1 amide bonds. The van der Waals surface area contributed by atoms with E-state index in [2.05, 4.69) is 17.2 Å². The van der Waals surface area contributed by atoms with E-state index in [1.54, 1.807) is 11.1 Å². The Morgan fingerprint density at radius 2 is 2.06 bits per heavy atom. The summed E-state index contributed by atoms with van der Waals surface area (Å²) in [6, 6.07) is 13.7. The quantitative estimate of drug-likeness (QED) is 0.704. The molecule has 31 heavy (non-hydrogen) atoms. The molecule has 5 rings (SSSR count). The fraction of sp³-hybridized carbons (Fsp3) is 0.333. The van der Waals surface area contributed by atoms with E-state index in [1.165, 1.54) is 0 Å². The minimum atomic E-state index is -0.693. The SMILES string of the molecule is Cc1cc2c(cc1Cc1ccc(-n3cccn3)cc1)C(=O)N([C@H]1CCOC[C@@H]1O)CO2. The van der Waals surface area contributed by atoms with Gasteiger partial charge in [0.2, 0.25) is 0 Å². The summed E-state index contributed by atoms with van der Waals surface area (Å²) in [7, 11) is 0. The van der Waals surface area contributed by atoms with Crippen LogP contribution in [0.15, 0.2) is 54.9 Å². The number of fused-ring (bicyclic) bond motifs is 1. The average Bonchev–Trinajstić information content (AvgIpc) is 3.31. The number of amides is 1. The maximum absolute atomic E-state index is 13.2. The Bertz CT molecular complexity index is 1080. The Kier molecular flexibility index (Phi) is 5.21. The molecule has 3 heterocycles. The molecule has 1 aromatic heterocycles. The highest BCUT2D eigenvalue weighted by molar-refractivity contribution is 5.98. The Morgan fingerprint density at radius 1 is 1.23 bits per heavy atom. The van der Waals surface area contributed by atoms with Crippen molar-refractivity contribution in [3.8, 4) is 11.4 Å². The Morgan fingerprint density at radius 3 is 2.81 bits per heavy atom. The van der Waals surface area contributed by atoms with Crippen molar-refractivity contribution in [2.24, 2.45) is 0 Å². The zero-order valence-electron chi connectivity index (χ0n) is 17.4. The first-order valence-corrected chi connectivity index (χ1v) is 10.5. The molecule has 3 aromatic rings. The van der Waals surface area contributed by atoms with Gasteiger partial charge >= 0.3 is 0 Å². The van der Waals surface area contributed by atoms with Gasteiger partial charge < -0.3 is 14.6 Å². The number of hydrogen-bond acceptors (Lipinski definition) is 5. The minimum absolute atomic E-state index is 0.0949. The highest BCUT2D eigenvalue weighted by Gasteiger charge is 2.37. The predicted molar refractivity (Wildman–Crippen MR) is 114 cm³/mol. The summed E-state index contributed by atoms with van der Waals surface area (Å²) in [6.07, 6.45) is 4.29. The van der Waals surface area contributed by atoms with Crippen molar-refractivity contribution in [1.29, 1.82) is 0 Å². The van der Waals surface area contributed by atoms with Gasteiger partial charge in [0.1, 0.15) is 5.75 Å². The van der Waals surface area contributed by atoms with Gasteiger partial charge in [0.25, 0.3) is 5.91 Å². The van der Waals surface area contributed by atoms with E-state index in [1.807, 2.05) is 48.1 Å². The van der Waals surface area contributed by atoms with Gasteiger partial charge in [-0.2, -0.15) is 5.10 Å². The van der Waals surface area contributed by atoms with Crippen molar-refractivity contribution in [2.75, 3.05) is 19.9 Å². The number of aromatic nitrogens is 2. The first-order chi connectivity index (χ1) is 15.1. The fourth-order valence-electron chi connectivity index (χ4n) is 4.29. The molecule has 2 aliphatic rings. The minimum Gasteiger partial charge on any atom is -0.472 e. The van der Waals surface area contributed by atoms with Gasteiger partial charge in [0.15, 0.2) is 6.73 Å². The second kappa shape index (κ2) is 8.17. The Balaban J connectivity index is 1.38. The number of aryl methyl sites for hydroxylation is 1. The molecule has 2 atom stereocenters. The lowest BCUT2D eigenvalue weighted by molar-refractivity contribution is -0.0713. The number of nitrogens with zero attached hydrogens (tertiary/aromatic N) is 3. The summed E-state index contributed by atoms with van der Waals surface area (Å²) in [4.78, 5) is 14.9. The number of carbonyl (C=O) groups is 1. The molecule has 2 aliphatic heterocycles. The summed E-state index contributed by atoms with van der Waals surface area (Å²) in [5, 5.41) is 14.5. The first kappa shape index (κ1) is 19.8. The van der Waals surface area contributed by atoms with E-state index < -0.39 is 6.10 Å². The molecule has 1 saturated heterocycles. The van der Waals surface area contributed by atoms with Crippen LogP contribution in [0.5, 0.6) is 5.75 Å². The fourth-order valence-corrected chi connectivity index (χ4v) is 4.29. The van der Waals surface area contributed by atoms with Gasteiger partial charge in [-0.1, -0.05) is 12.1 Å². The Hall–Kier alpha value is -3.16. The molecule has 0 aliphatic carbocycles. The van der Waals surface area contributed by atoms with E-state index >= 15 is 0 Å². The van der Waals surface area contributed by atoms with Crippen molar-refractivity contribution < 1.29 is 19.4 Å². The summed E-state index contributed by atoms with van der Waals surface area (Å²) in [5.41, 5.74) is 4.88. The van der Waals surface area contributed by atoms with E-state index in [9.17, 15) is 9.90 Å². The van der Waals surface area contributed by atoms with Crippen LogP contribution in [0.3, 0.4) is 0 Å². The molecule has 0 radical (unpaired) electrons. The van der Waals surface area contributed by atoms with Crippen molar-refractivity contribution in [3.05, 3.63) is 77.1 Å². The third kappa shape index (κ3) is 3.82. The third-order valence-electron chi connectivity index (χ3n) is 6.08. The first-order valence-electron chi connectivity index (χ1n) is 10.5. The molecule has 1 N–H and O–H groups in total. The van der Waals surface area contributed by atoms with Gasteiger partial charge in [-0.15, -0.1) is 0 Å². The topological polar surface area (TPSA) is 76.8 Å². The van der Waals surface area contributed by atoms with E-state index in [4.69, 9.17) is 9.47 Å². The maximum atomic E-state index is 13.2. The maximum Gasteiger partial charge on any atom is 0.260 e. The van der Waals surface area contributed by atoms with Gasteiger partial charge in [0.05, 0.1) is 30.0 Å². The third-order valence-corrected chi connectivity index (χ3v) is 6.08. The second-order valence-corrected chi connectivity index (χ2v) is 8.12. The molecular formula is C24H25N3O4. The zero-order chi connectivity index (χ0) is 21.4. The lowest BCUT2D eigenvalue weighted by Gasteiger charge is -2.39. The number of carbonyl (C=O) groups excluding carboxylic acids is 1. The Labute approximate surface area is 180 Å². The summed E-state index contributed by atoms with van der Waals surface area (Å²) < 4.78 is 13.0. The van der Waals surface area contributed by atoms with Gasteiger partial charge in [-0.05, 0) is 66.8 Å². The second-order valence-electron chi connectivity index (χ2n) is 8.12. The van der Waals surface area contributed by atoms with Crippen LogP contribution in [0.2, 0.25) is 0 Å². The molecule has 1 fully saturated rings. The largest absolute Gasteiger partial charge is 0.472 e. The van der Waals surface area contributed by atoms with Crippen molar-refractivity contribution >= 4 is 5.91 Å². The molecular weight excluding hydrogens is 394 g/mol. The van der Waals surface area contributed by atoms with Crippen LogP contribution in [0.1, 0.15) is 33.5 Å². The molecule has 0 spiro atoms. The molecule has 2 aromatic carbocycles. The van der Waals surface area contributed by atoms with Crippen molar-refractivity contribution in [2.45, 2.75) is 31.9 Å². The van der Waals surface area contributed by atoms with Crippen LogP contribution in [-0.4, -0.2) is 57.8 Å². The van der Waals surface area contributed by atoms with Crippen LogP contribution in [0.25, 0.3) is 5.69 Å². The van der Waals surface area contributed by atoms with E-state index in [-0.39, 0.29) is 25.3 Å². The van der Waals surface area contributed by atoms with Crippen LogP contribution >= 0.6 is 0 Å². The molecule has 7 nitrogen and oxygen atoms in total. The number of benzene rings is 2. The van der Waals surface area contributed by atoms with Gasteiger partial charge in [-0.25, -0.2) is 4.68 Å². The predicted octanol–water partition coefficient (Wildman–Crippen LogP) is 2.71. The van der Waals surface area contributed by atoms with Gasteiger partial charge in [-0.3, -0.25) is 9.69 Å². The number of aliphatic hydroxyl groups is 1. The number of hydrogen-bond donors (Lipinski definition) is 1. The average molecular weight is 419 g/mol. The van der Waals surface area contributed by atoms with Crippen molar-refractivity contribution in [3.63, 3.8) is 0 Å². The smallest absolute Gasteiger partial charge is 0.260 e. The highest BCUT2D eigenvalue weighted by atomic mass is 16.5. The molecule has 0 bridgehead atoms. The number of ether oxygens (including phenoxy) is 2. The summed E-state index contributed by atoms with van der Waals surface area (Å²) in [5.74, 6) is 0.514. The van der Waals surface area contributed by atoms with Gasteiger partial charge in [0, 0.05) is 19.0 Å². The standard InChI is InChI=1S/C24H25N3O4/c1-16-11-23-20(24(29)26(15-31-23)21-7-10-30-14-22(21)28)13-18(16)12-17-3-5-19(6-4-17)27-9-2-8-25-27/h2-6,8-9,11,13,21-22,28H,7,10,12,14-15H2,1H3/t21-,22-/m0/s1. The van der Waals surface area contributed by atoms with Crippen LogP contribution < -0.4 is 4.74 Å². The zero-order valence-corrected chi connectivity index (χ0v) is 17.4. The number of aliphatic hydroxyl groups excluding tert-OH is 1. The molecule has 7 heteroatoms. The monoisotopic (exact) mass is 419 g/mol. The highest BCUT2D eigenvalue weighted by Crippen LogP contribution is 2.32. The lowest BCUT2D eigenvalue weighted by atomic mass is 9.95. The van der Waals surface area contributed by atoms with E-state index in [0.717, 1.165) is 22.4 Å². The number of rotatable bonds is 4. The molecule has 0 unspecified atom stereocenters. The van der Waals surface area contributed by atoms with E-state index in [0.29, 0.717) is 30.8 Å². The van der Waals surface area contributed by atoms with Crippen LogP contribution in [-0.2, 0) is 11.2 Å². The summed E-state index contributed by atoms with van der Waals surface area (Å²) in [6.45, 7) is 2.97. The van der Waals surface area contributed by atoms with Crippen molar-refractivity contribution in [1.82, 2.24) is 14.7 Å². The summed E-state index contributed by atoms with van der Waals surface area (Å²) >= 11 is 0. The van der Waals surface area contributed by atoms with Crippen LogP contribution in [0, 0.1) is 6.92 Å². The molecule has 0 saturated carbocycles.